The van der Waals surface area contributed by atoms with Crippen molar-refractivity contribution in [2.45, 2.75) is 12.6 Å². The van der Waals surface area contributed by atoms with Crippen molar-refractivity contribution in [2.75, 3.05) is 6.54 Å². The fourth-order valence-electron chi connectivity index (χ4n) is 1.34. The quantitative estimate of drug-likeness (QED) is 0.821. The topological polar surface area (TPSA) is 58.0 Å². The van der Waals surface area contributed by atoms with E-state index in [0.29, 0.717) is 13.1 Å². The standard InChI is InChI=1S/C11H13N3OS/c15-11(9-1-4-16-8-9)7-13-6-10-5-12-2-3-14-10/h1-5,8,11,13,15H,6-7H2. The Labute approximate surface area is 98.0 Å². The van der Waals surface area contributed by atoms with E-state index in [0.717, 1.165) is 11.3 Å². The number of aromatic nitrogens is 2. The molecule has 5 heteroatoms. The first-order valence-electron chi connectivity index (χ1n) is 5.02. The molecule has 1 atom stereocenters. The lowest BCUT2D eigenvalue weighted by atomic mass is 10.2. The minimum atomic E-state index is -0.456. The minimum absolute atomic E-state index is 0.456. The van der Waals surface area contributed by atoms with Crippen LogP contribution in [0, 0.1) is 0 Å². The normalized spacial score (nSPS) is 12.6. The third-order valence-corrected chi connectivity index (χ3v) is 2.89. The first-order valence-corrected chi connectivity index (χ1v) is 5.96. The molecule has 0 radical (unpaired) electrons. The Kier molecular flexibility index (Phi) is 3.98. The number of aliphatic hydroxyl groups excluding tert-OH is 1. The van der Waals surface area contributed by atoms with Crippen molar-refractivity contribution in [3.8, 4) is 0 Å². The van der Waals surface area contributed by atoms with Gasteiger partial charge in [0.2, 0.25) is 0 Å². The lowest BCUT2D eigenvalue weighted by Crippen LogP contribution is -2.21. The van der Waals surface area contributed by atoms with E-state index in [1.807, 2.05) is 16.8 Å². The molecule has 0 fully saturated rings. The van der Waals surface area contributed by atoms with Crippen LogP contribution in [-0.2, 0) is 6.54 Å². The molecule has 0 aliphatic heterocycles. The lowest BCUT2D eigenvalue weighted by Gasteiger charge is -2.09. The number of aliphatic hydroxyl groups is 1. The van der Waals surface area contributed by atoms with Gasteiger partial charge in [-0.15, -0.1) is 0 Å². The number of nitrogens with one attached hydrogen (secondary N) is 1. The fraction of sp³-hybridized carbons (Fsp3) is 0.273. The molecule has 16 heavy (non-hydrogen) atoms. The van der Waals surface area contributed by atoms with Crippen LogP contribution in [0.4, 0.5) is 0 Å². The van der Waals surface area contributed by atoms with Gasteiger partial charge in [-0.1, -0.05) is 0 Å². The lowest BCUT2D eigenvalue weighted by molar-refractivity contribution is 0.174. The average molecular weight is 235 g/mol. The van der Waals surface area contributed by atoms with Crippen LogP contribution in [0.25, 0.3) is 0 Å². The molecule has 2 aromatic heterocycles. The van der Waals surface area contributed by atoms with Crippen molar-refractivity contribution < 1.29 is 5.11 Å². The maximum atomic E-state index is 9.80. The van der Waals surface area contributed by atoms with Crippen molar-refractivity contribution >= 4 is 11.3 Å². The summed E-state index contributed by atoms with van der Waals surface area (Å²) in [5.41, 5.74) is 1.83. The zero-order valence-electron chi connectivity index (χ0n) is 8.71. The Morgan fingerprint density at radius 2 is 2.38 bits per heavy atom. The fourth-order valence-corrected chi connectivity index (χ4v) is 2.05. The van der Waals surface area contributed by atoms with E-state index in [2.05, 4.69) is 15.3 Å². The Balaban J connectivity index is 1.76. The summed E-state index contributed by atoms with van der Waals surface area (Å²) < 4.78 is 0. The first kappa shape index (κ1) is 11.2. The number of hydrogen-bond acceptors (Lipinski definition) is 5. The SMILES string of the molecule is OC(CNCc1cnccn1)c1ccsc1. The molecule has 0 spiro atoms. The summed E-state index contributed by atoms with van der Waals surface area (Å²) in [5.74, 6) is 0. The third kappa shape index (κ3) is 3.10. The maximum absolute atomic E-state index is 9.80. The predicted octanol–water partition coefficient (Wildman–Crippen LogP) is 1.36. The molecule has 0 amide bonds. The second-order valence-corrected chi connectivity index (χ2v) is 4.18. The highest BCUT2D eigenvalue weighted by Crippen LogP contribution is 2.14. The summed E-state index contributed by atoms with van der Waals surface area (Å²) in [4.78, 5) is 8.10. The van der Waals surface area contributed by atoms with Gasteiger partial charge in [-0.05, 0) is 22.4 Å². The number of hydrogen-bond donors (Lipinski definition) is 2. The molecule has 2 aromatic rings. The molecule has 2 rings (SSSR count). The van der Waals surface area contributed by atoms with E-state index in [4.69, 9.17) is 0 Å². The number of thiophene rings is 1. The smallest absolute Gasteiger partial charge is 0.0922 e. The van der Waals surface area contributed by atoms with Crippen molar-refractivity contribution in [1.29, 1.82) is 0 Å². The molecule has 2 heterocycles. The van der Waals surface area contributed by atoms with Crippen molar-refractivity contribution in [1.82, 2.24) is 15.3 Å². The molecule has 0 bridgehead atoms. The molecule has 0 saturated carbocycles. The van der Waals surface area contributed by atoms with Crippen molar-refractivity contribution in [3.05, 3.63) is 46.7 Å². The van der Waals surface area contributed by atoms with E-state index in [1.54, 1.807) is 29.9 Å². The van der Waals surface area contributed by atoms with Crippen LogP contribution in [0.15, 0.2) is 35.4 Å². The van der Waals surface area contributed by atoms with E-state index in [1.165, 1.54) is 0 Å². The van der Waals surface area contributed by atoms with Gasteiger partial charge in [-0.2, -0.15) is 11.3 Å². The molecule has 84 valence electrons. The van der Waals surface area contributed by atoms with E-state index >= 15 is 0 Å². The van der Waals surface area contributed by atoms with Gasteiger partial charge < -0.3 is 10.4 Å². The van der Waals surface area contributed by atoms with Gasteiger partial charge in [0.1, 0.15) is 0 Å². The van der Waals surface area contributed by atoms with Crippen LogP contribution < -0.4 is 5.32 Å². The summed E-state index contributed by atoms with van der Waals surface area (Å²) in [6, 6.07) is 1.93. The zero-order chi connectivity index (χ0) is 11.2. The van der Waals surface area contributed by atoms with Gasteiger partial charge in [0.25, 0.3) is 0 Å². The van der Waals surface area contributed by atoms with Crippen LogP contribution in [0.1, 0.15) is 17.4 Å². The zero-order valence-corrected chi connectivity index (χ0v) is 9.52. The van der Waals surface area contributed by atoms with Crippen molar-refractivity contribution in [3.63, 3.8) is 0 Å². The van der Waals surface area contributed by atoms with Gasteiger partial charge >= 0.3 is 0 Å². The van der Waals surface area contributed by atoms with Gasteiger partial charge in [0.05, 0.1) is 11.8 Å². The van der Waals surface area contributed by atoms with Crippen LogP contribution in [0.5, 0.6) is 0 Å². The summed E-state index contributed by atoms with van der Waals surface area (Å²) in [5, 5.41) is 16.8. The maximum Gasteiger partial charge on any atom is 0.0922 e. The number of rotatable bonds is 5. The minimum Gasteiger partial charge on any atom is -0.387 e. The van der Waals surface area contributed by atoms with Crippen LogP contribution in [0.2, 0.25) is 0 Å². The Morgan fingerprint density at radius 1 is 1.44 bits per heavy atom. The molecule has 4 nitrogen and oxygen atoms in total. The van der Waals surface area contributed by atoms with Crippen LogP contribution >= 0.6 is 11.3 Å². The Hall–Kier alpha value is -1.30. The molecule has 0 aliphatic carbocycles. The summed E-state index contributed by atoms with van der Waals surface area (Å²) in [6.45, 7) is 1.14. The Morgan fingerprint density at radius 3 is 3.06 bits per heavy atom. The summed E-state index contributed by atoms with van der Waals surface area (Å²) in [6.07, 6.45) is 4.56. The predicted molar refractivity (Wildman–Crippen MR) is 63.0 cm³/mol. The van der Waals surface area contributed by atoms with Gasteiger partial charge in [0.15, 0.2) is 0 Å². The average Bonchev–Trinajstić information content (AvgIpc) is 2.84. The van der Waals surface area contributed by atoms with E-state index in [9.17, 15) is 5.11 Å². The second-order valence-electron chi connectivity index (χ2n) is 3.40. The molecule has 0 saturated heterocycles. The van der Waals surface area contributed by atoms with E-state index in [-0.39, 0.29) is 0 Å². The molecular weight excluding hydrogens is 222 g/mol. The molecule has 0 aromatic carbocycles. The van der Waals surface area contributed by atoms with Crippen LogP contribution in [0.3, 0.4) is 0 Å². The molecule has 2 N–H and O–H groups in total. The highest BCUT2D eigenvalue weighted by molar-refractivity contribution is 7.07. The van der Waals surface area contributed by atoms with Gasteiger partial charge in [0, 0.05) is 31.7 Å². The highest BCUT2D eigenvalue weighted by atomic mass is 32.1. The third-order valence-electron chi connectivity index (χ3n) is 2.19. The second kappa shape index (κ2) is 5.69. The first-order chi connectivity index (χ1) is 7.86. The van der Waals surface area contributed by atoms with Gasteiger partial charge in [-0.25, -0.2) is 0 Å². The summed E-state index contributed by atoms with van der Waals surface area (Å²) in [7, 11) is 0. The van der Waals surface area contributed by atoms with Crippen LogP contribution in [-0.4, -0.2) is 21.6 Å². The molecular formula is C11H13N3OS. The molecule has 1 unspecified atom stereocenters. The van der Waals surface area contributed by atoms with Gasteiger partial charge in [-0.3, -0.25) is 9.97 Å². The number of nitrogens with zero attached hydrogens (tertiary/aromatic N) is 2. The molecule has 0 aliphatic rings. The van der Waals surface area contributed by atoms with Crippen molar-refractivity contribution in [2.24, 2.45) is 0 Å². The summed E-state index contributed by atoms with van der Waals surface area (Å²) >= 11 is 1.59. The Bertz CT molecular complexity index is 404. The monoisotopic (exact) mass is 235 g/mol. The largest absolute Gasteiger partial charge is 0.387 e. The van der Waals surface area contributed by atoms with E-state index < -0.39 is 6.10 Å². The highest BCUT2D eigenvalue weighted by Gasteiger charge is 2.06.